The van der Waals surface area contributed by atoms with Gasteiger partial charge in [0.15, 0.2) is 0 Å². The van der Waals surface area contributed by atoms with Crippen molar-refractivity contribution in [1.29, 1.82) is 0 Å². The van der Waals surface area contributed by atoms with E-state index in [2.05, 4.69) is 23.4 Å². The molecule has 2 fully saturated rings. The van der Waals surface area contributed by atoms with E-state index in [-0.39, 0.29) is 11.4 Å². The fourth-order valence-corrected chi connectivity index (χ4v) is 3.85. The molecule has 0 aromatic carbocycles. The molecule has 1 saturated carbocycles. The third-order valence-corrected chi connectivity index (χ3v) is 4.69. The summed E-state index contributed by atoms with van der Waals surface area (Å²) in [5.74, 6) is 0.941. The lowest BCUT2D eigenvalue weighted by molar-refractivity contribution is -0.135. The second-order valence-corrected chi connectivity index (χ2v) is 5.70. The highest BCUT2D eigenvalue weighted by molar-refractivity contribution is 5.77. The Kier molecular flexibility index (Phi) is 2.02. The first-order valence-electron chi connectivity index (χ1n) is 6.90. The number of fused-ring (bicyclic) bond motifs is 1. The van der Waals surface area contributed by atoms with Crippen molar-refractivity contribution < 1.29 is 9.53 Å². The highest BCUT2D eigenvalue weighted by atomic mass is 16.5. The summed E-state index contributed by atoms with van der Waals surface area (Å²) in [6.45, 7) is 0. The van der Waals surface area contributed by atoms with Crippen molar-refractivity contribution in [1.82, 2.24) is 4.90 Å². The molecule has 3 heterocycles. The molecule has 94 valence electrons. The summed E-state index contributed by atoms with van der Waals surface area (Å²) in [5.41, 5.74) is 2.56. The zero-order chi connectivity index (χ0) is 12.2. The standard InChI is InChI=1S/C15H17NO2/c17-13-9-15-7-3-1-5-11(15)10-16-8-4-2-6-12(16)14(15)18-13/h4,8,10H,1-3,5-7,9H2. The Labute approximate surface area is 107 Å². The molecule has 3 aliphatic heterocycles. The Hall–Kier alpha value is -1.51. The molecular weight excluding hydrogens is 226 g/mol. The molecule has 3 heteroatoms. The van der Waals surface area contributed by atoms with Crippen molar-refractivity contribution >= 4 is 5.97 Å². The van der Waals surface area contributed by atoms with Crippen LogP contribution in [0.15, 0.2) is 35.5 Å². The number of ether oxygens (including phenoxy) is 1. The first kappa shape index (κ1) is 10.4. The lowest BCUT2D eigenvalue weighted by Crippen LogP contribution is -2.34. The van der Waals surface area contributed by atoms with E-state index < -0.39 is 0 Å². The van der Waals surface area contributed by atoms with E-state index in [1.54, 1.807) is 0 Å². The van der Waals surface area contributed by atoms with Gasteiger partial charge in [-0.05, 0) is 37.7 Å². The van der Waals surface area contributed by atoms with Crippen LogP contribution in [0, 0.1) is 5.41 Å². The number of allylic oxidation sites excluding steroid dienone is 3. The van der Waals surface area contributed by atoms with Gasteiger partial charge in [-0.3, -0.25) is 4.79 Å². The second kappa shape index (κ2) is 3.50. The van der Waals surface area contributed by atoms with Gasteiger partial charge in [-0.15, -0.1) is 0 Å². The van der Waals surface area contributed by atoms with Crippen LogP contribution in [0.5, 0.6) is 0 Å². The minimum atomic E-state index is -0.0631. The maximum Gasteiger partial charge on any atom is 0.312 e. The monoisotopic (exact) mass is 243 g/mol. The van der Waals surface area contributed by atoms with Crippen LogP contribution in [0.1, 0.15) is 44.9 Å². The molecule has 1 saturated heterocycles. The van der Waals surface area contributed by atoms with E-state index in [0.29, 0.717) is 6.42 Å². The summed E-state index contributed by atoms with van der Waals surface area (Å²) in [6, 6.07) is 0. The van der Waals surface area contributed by atoms with Gasteiger partial charge in [0.2, 0.25) is 0 Å². The molecule has 0 aromatic rings. The van der Waals surface area contributed by atoms with Gasteiger partial charge in [-0.25, -0.2) is 0 Å². The molecule has 3 nitrogen and oxygen atoms in total. The Morgan fingerprint density at radius 3 is 3.17 bits per heavy atom. The normalized spacial score (nSPS) is 33.7. The Bertz CT molecular complexity index is 515. The fraction of sp³-hybridized carbons (Fsp3) is 0.533. The smallest absolute Gasteiger partial charge is 0.312 e. The average molecular weight is 243 g/mol. The van der Waals surface area contributed by atoms with E-state index in [1.165, 1.54) is 24.1 Å². The Morgan fingerprint density at radius 1 is 1.28 bits per heavy atom. The quantitative estimate of drug-likeness (QED) is 0.612. The number of carbonyl (C=O) groups excluding carboxylic acids is 1. The molecule has 1 unspecified atom stereocenters. The number of rotatable bonds is 0. The van der Waals surface area contributed by atoms with Gasteiger partial charge in [0.05, 0.1) is 17.5 Å². The van der Waals surface area contributed by atoms with E-state index in [1.807, 2.05) is 0 Å². The molecule has 1 spiro atoms. The van der Waals surface area contributed by atoms with E-state index in [9.17, 15) is 4.79 Å². The summed E-state index contributed by atoms with van der Waals surface area (Å²) < 4.78 is 5.62. The zero-order valence-electron chi connectivity index (χ0n) is 10.4. The minimum absolute atomic E-state index is 0.0401. The highest BCUT2D eigenvalue weighted by Crippen LogP contribution is 2.57. The van der Waals surface area contributed by atoms with Crippen LogP contribution in [0.25, 0.3) is 0 Å². The van der Waals surface area contributed by atoms with Crippen molar-refractivity contribution in [2.45, 2.75) is 44.9 Å². The molecule has 4 rings (SSSR count). The Morgan fingerprint density at radius 2 is 2.22 bits per heavy atom. The maximum atomic E-state index is 11.8. The predicted octanol–water partition coefficient (Wildman–Crippen LogP) is 3.21. The fourth-order valence-electron chi connectivity index (χ4n) is 3.85. The molecular formula is C15H17NO2. The van der Waals surface area contributed by atoms with Crippen LogP contribution in [-0.4, -0.2) is 10.9 Å². The molecule has 0 aromatic heterocycles. The first-order chi connectivity index (χ1) is 8.79. The molecule has 1 atom stereocenters. The van der Waals surface area contributed by atoms with Gasteiger partial charge in [0.1, 0.15) is 5.76 Å². The topological polar surface area (TPSA) is 29.5 Å². The first-order valence-corrected chi connectivity index (χ1v) is 6.90. The third-order valence-electron chi connectivity index (χ3n) is 4.69. The number of esters is 1. The summed E-state index contributed by atoms with van der Waals surface area (Å²) in [6.07, 6.45) is 13.8. The minimum Gasteiger partial charge on any atom is -0.428 e. The van der Waals surface area contributed by atoms with Gasteiger partial charge in [0.25, 0.3) is 0 Å². The van der Waals surface area contributed by atoms with Crippen LogP contribution >= 0.6 is 0 Å². The SMILES string of the molecule is O=C1CC23CCCCC2=CN2C=CCCC2=C3O1. The maximum absolute atomic E-state index is 11.8. The van der Waals surface area contributed by atoms with Gasteiger partial charge in [-0.2, -0.15) is 0 Å². The summed E-state index contributed by atoms with van der Waals surface area (Å²) in [5, 5.41) is 0. The van der Waals surface area contributed by atoms with Crippen LogP contribution in [-0.2, 0) is 9.53 Å². The van der Waals surface area contributed by atoms with E-state index in [4.69, 9.17) is 4.74 Å². The molecule has 1 aliphatic carbocycles. The van der Waals surface area contributed by atoms with Gasteiger partial charge in [-0.1, -0.05) is 12.5 Å². The van der Waals surface area contributed by atoms with Crippen molar-refractivity contribution in [3.8, 4) is 0 Å². The second-order valence-electron chi connectivity index (χ2n) is 5.70. The van der Waals surface area contributed by atoms with Crippen LogP contribution < -0.4 is 0 Å². The average Bonchev–Trinajstić information content (AvgIpc) is 2.72. The predicted molar refractivity (Wildman–Crippen MR) is 66.9 cm³/mol. The molecule has 0 amide bonds. The number of nitrogens with zero attached hydrogens (tertiary/aromatic N) is 1. The van der Waals surface area contributed by atoms with E-state index in [0.717, 1.165) is 31.4 Å². The van der Waals surface area contributed by atoms with Crippen molar-refractivity contribution in [3.05, 3.63) is 35.5 Å². The van der Waals surface area contributed by atoms with Gasteiger partial charge >= 0.3 is 5.97 Å². The largest absolute Gasteiger partial charge is 0.428 e. The lowest BCUT2D eigenvalue weighted by atomic mass is 9.66. The van der Waals surface area contributed by atoms with Crippen LogP contribution in [0.3, 0.4) is 0 Å². The van der Waals surface area contributed by atoms with Crippen molar-refractivity contribution in [3.63, 3.8) is 0 Å². The van der Waals surface area contributed by atoms with Gasteiger partial charge in [0, 0.05) is 12.4 Å². The molecule has 0 bridgehead atoms. The highest BCUT2D eigenvalue weighted by Gasteiger charge is 2.52. The van der Waals surface area contributed by atoms with Crippen LogP contribution in [0.4, 0.5) is 0 Å². The van der Waals surface area contributed by atoms with Crippen molar-refractivity contribution in [2.75, 3.05) is 0 Å². The summed E-state index contributed by atoms with van der Waals surface area (Å²) in [7, 11) is 0. The molecule has 18 heavy (non-hydrogen) atoms. The van der Waals surface area contributed by atoms with Gasteiger partial charge < -0.3 is 9.64 Å². The summed E-state index contributed by atoms with van der Waals surface area (Å²) >= 11 is 0. The van der Waals surface area contributed by atoms with Crippen LogP contribution in [0.2, 0.25) is 0 Å². The summed E-state index contributed by atoms with van der Waals surface area (Å²) in [4.78, 5) is 14.0. The molecule has 4 aliphatic rings. The third kappa shape index (κ3) is 1.22. The number of hydrogen-bond acceptors (Lipinski definition) is 3. The molecule has 0 N–H and O–H groups in total. The number of carbonyl (C=O) groups is 1. The van der Waals surface area contributed by atoms with E-state index >= 15 is 0 Å². The van der Waals surface area contributed by atoms with Crippen molar-refractivity contribution in [2.24, 2.45) is 5.41 Å². The number of hydrogen-bond donors (Lipinski definition) is 0. The molecule has 0 radical (unpaired) electrons. The lowest BCUT2D eigenvalue weighted by Gasteiger charge is -2.42. The Balaban J connectivity index is 1.90. The zero-order valence-corrected chi connectivity index (χ0v) is 10.4.